The van der Waals surface area contributed by atoms with Gasteiger partial charge in [0, 0.05) is 23.5 Å². The molecule has 1 N–H and O–H groups in total. The van der Waals surface area contributed by atoms with Crippen molar-refractivity contribution in [2.24, 2.45) is 0 Å². The van der Waals surface area contributed by atoms with Gasteiger partial charge >= 0.3 is 0 Å². The van der Waals surface area contributed by atoms with Crippen molar-refractivity contribution in [3.8, 4) is 0 Å². The highest BCUT2D eigenvalue weighted by atomic mass is 35.5. The van der Waals surface area contributed by atoms with Crippen LogP contribution in [0.3, 0.4) is 0 Å². The molecule has 0 aliphatic rings. The first-order valence-electron chi connectivity index (χ1n) is 12.4. The number of sulfonamides is 1. The molecule has 0 heterocycles. The zero-order valence-corrected chi connectivity index (χ0v) is 24.0. The Morgan fingerprint density at radius 3 is 2.13 bits per heavy atom. The monoisotopic (exact) mass is 573 g/mol. The maximum absolute atomic E-state index is 14.0. The topological polar surface area (TPSA) is 86.8 Å². The molecular formula is C29H33ClFN3O4S. The van der Waals surface area contributed by atoms with E-state index in [9.17, 15) is 22.4 Å². The quantitative estimate of drug-likeness (QED) is 0.377. The number of benzene rings is 3. The molecule has 0 saturated heterocycles. The van der Waals surface area contributed by atoms with Gasteiger partial charge in [0.25, 0.3) is 0 Å². The summed E-state index contributed by atoms with van der Waals surface area (Å²) in [6.45, 7) is 4.95. The summed E-state index contributed by atoms with van der Waals surface area (Å²) < 4.78 is 39.9. The summed E-state index contributed by atoms with van der Waals surface area (Å²) >= 11 is 6.20. The second kappa shape index (κ2) is 12.6. The van der Waals surface area contributed by atoms with Crippen molar-refractivity contribution in [2.75, 3.05) is 17.1 Å². The first kappa shape index (κ1) is 30.1. The van der Waals surface area contributed by atoms with Crippen LogP contribution in [0.1, 0.15) is 31.9 Å². The number of halogens is 2. The van der Waals surface area contributed by atoms with Crippen LogP contribution in [0.2, 0.25) is 5.02 Å². The van der Waals surface area contributed by atoms with Gasteiger partial charge in [-0.25, -0.2) is 12.8 Å². The zero-order chi connectivity index (χ0) is 28.8. The van der Waals surface area contributed by atoms with E-state index < -0.39 is 39.9 Å². The summed E-state index contributed by atoms with van der Waals surface area (Å²) in [5.41, 5.74) is 1.05. The van der Waals surface area contributed by atoms with E-state index in [4.69, 9.17) is 11.6 Å². The van der Waals surface area contributed by atoms with Gasteiger partial charge in [0.1, 0.15) is 18.4 Å². The third-order valence-electron chi connectivity index (χ3n) is 5.81. The summed E-state index contributed by atoms with van der Waals surface area (Å²) in [6.07, 6.45) is 1.17. The minimum absolute atomic E-state index is 0.00940. The van der Waals surface area contributed by atoms with Crippen molar-refractivity contribution < 1.29 is 22.4 Å². The number of rotatable bonds is 10. The number of hydrogen-bond acceptors (Lipinski definition) is 4. The van der Waals surface area contributed by atoms with Crippen molar-refractivity contribution in [2.45, 2.75) is 45.3 Å². The Morgan fingerprint density at radius 1 is 0.949 bits per heavy atom. The molecule has 0 fully saturated rings. The molecule has 0 spiro atoms. The molecule has 0 aliphatic heterocycles. The van der Waals surface area contributed by atoms with Gasteiger partial charge in [-0.05, 0) is 68.3 Å². The van der Waals surface area contributed by atoms with E-state index in [0.717, 1.165) is 28.3 Å². The number of carbonyl (C=O) groups is 2. The second-order valence-electron chi connectivity index (χ2n) is 10.3. The standard InChI is InChI=1S/C29H33ClFN3O4S/c1-29(2,3)32-28(36)26(18-21-9-6-5-7-10-21)33(19-22-11-8-12-23(30)17-22)27(35)20-34(39(4,37)38)25-15-13-24(31)14-16-25/h5-17,26H,18-20H2,1-4H3,(H,32,36). The molecule has 39 heavy (non-hydrogen) atoms. The van der Waals surface area contributed by atoms with Gasteiger partial charge in [0.2, 0.25) is 21.8 Å². The van der Waals surface area contributed by atoms with Gasteiger partial charge in [0.15, 0.2) is 0 Å². The molecule has 2 amide bonds. The van der Waals surface area contributed by atoms with E-state index in [1.54, 1.807) is 24.3 Å². The fourth-order valence-corrected chi connectivity index (χ4v) is 5.12. The van der Waals surface area contributed by atoms with Gasteiger partial charge in [-0.15, -0.1) is 0 Å². The van der Waals surface area contributed by atoms with Gasteiger partial charge in [-0.3, -0.25) is 13.9 Å². The number of nitrogens with zero attached hydrogens (tertiary/aromatic N) is 2. The molecule has 1 unspecified atom stereocenters. The summed E-state index contributed by atoms with van der Waals surface area (Å²) in [5.74, 6) is -1.52. The molecule has 7 nitrogen and oxygen atoms in total. The lowest BCUT2D eigenvalue weighted by Gasteiger charge is -2.35. The smallest absolute Gasteiger partial charge is 0.244 e. The highest BCUT2D eigenvalue weighted by Crippen LogP contribution is 2.22. The van der Waals surface area contributed by atoms with Crippen LogP contribution in [-0.2, 0) is 32.6 Å². The van der Waals surface area contributed by atoms with Crippen LogP contribution in [0.4, 0.5) is 10.1 Å². The summed E-state index contributed by atoms with van der Waals surface area (Å²) in [5, 5.41) is 3.42. The normalized spacial score (nSPS) is 12.5. The summed E-state index contributed by atoms with van der Waals surface area (Å²) in [6, 6.07) is 20.0. The number of hydrogen-bond donors (Lipinski definition) is 1. The third-order valence-corrected chi connectivity index (χ3v) is 7.18. The first-order chi connectivity index (χ1) is 18.2. The lowest BCUT2D eigenvalue weighted by molar-refractivity contribution is -0.140. The molecule has 3 rings (SSSR count). The summed E-state index contributed by atoms with van der Waals surface area (Å²) in [4.78, 5) is 29.0. The molecule has 0 saturated carbocycles. The Labute approximate surface area is 234 Å². The number of anilines is 1. The van der Waals surface area contributed by atoms with Gasteiger partial charge in [-0.2, -0.15) is 0 Å². The zero-order valence-electron chi connectivity index (χ0n) is 22.4. The molecule has 3 aromatic carbocycles. The van der Waals surface area contributed by atoms with E-state index in [1.165, 1.54) is 17.0 Å². The SMILES string of the molecule is CC(C)(C)NC(=O)C(Cc1ccccc1)N(Cc1cccc(Cl)c1)C(=O)CN(c1ccc(F)cc1)S(C)(=O)=O. The Balaban J connectivity index is 2.07. The predicted octanol–water partition coefficient (Wildman–Crippen LogP) is 4.80. The molecule has 1 atom stereocenters. The fourth-order valence-electron chi connectivity index (χ4n) is 4.06. The van der Waals surface area contributed by atoms with Crippen LogP contribution in [0.5, 0.6) is 0 Å². The van der Waals surface area contributed by atoms with Crippen molar-refractivity contribution >= 4 is 39.1 Å². The second-order valence-corrected chi connectivity index (χ2v) is 12.7. The minimum Gasteiger partial charge on any atom is -0.350 e. The maximum atomic E-state index is 14.0. The average Bonchev–Trinajstić information content (AvgIpc) is 2.84. The van der Waals surface area contributed by atoms with Gasteiger partial charge in [0.05, 0.1) is 11.9 Å². The number of nitrogens with one attached hydrogen (secondary N) is 1. The van der Waals surface area contributed by atoms with Gasteiger partial charge < -0.3 is 10.2 Å². The van der Waals surface area contributed by atoms with Crippen molar-refractivity contribution in [3.05, 3.63) is 101 Å². The molecule has 3 aromatic rings. The molecular weight excluding hydrogens is 541 g/mol. The summed E-state index contributed by atoms with van der Waals surface area (Å²) in [7, 11) is -3.93. The van der Waals surface area contributed by atoms with Crippen LogP contribution < -0.4 is 9.62 Å². The Morgan fingerprint density at radius 2 is 1.56 bits per heavy atom. The number of carbonyl (C=O) groups excluding carboxylic acids is 2. The van der Waals surface area contributed by atoms with Crippen LogP contribution in [0, 0.1) is 5.82 Å². The predicted molar refractivity (Wildman–Crippen MR) is 152 cm³/mol. The largest absolute Gasteiger partial charge is 0.350 e. The van der Waals surface area contributed by atoms with Crippen LogP contribution in [0.15, 0.2) is 78.9 Å². The minimum atomic E-state index is -3.93. The molecule has 208 valence electrons. The molecule has 0 radical (unpaired) electrons. The van der Waals surface area contributed by atoms with Crippen molar-refractivity contribution in [1.82, 2.24) is 10.2 Å². The third kappa shape index (κ3) is 9.07. The van der Waals surface area contributed by atoms with Crippen LogP contribution in [0.25, 0.3) is 0 Å². The Hall–Kier alpha value is -3.43. The highest BCUT2D eigenvalue weighted by Gasteiger charge is 2.34. The van der Waals surface area contributed by atoms with Crippen molar-refractivity contribution in [1.29, 1.82) is 0 Å². The van der Waals surface area contributed by atoms with E-state index in [2.05, 4.69) is 5.32 Å². The lowest BCUT2D eigenvalue weighted by atomic mass is 10.0. The van der Waals surface area contributed by atoms with E-state index in [0.29, 0.717) is 10.6 Å². The lowest BCUT2D eigenvalue weighted by Crippen LogP contribution is -2.56. The maximum Gasteiger partial charge on any atom is 0.244 e. The first-order valence-corrected chi connectivity index (χ1v) is 14.6. The average molecular weight is 574 g/mol. The van der Waals surface area contributed by atoms with Crippen molar-refractivity contribution in [3.63, 3.8) is 0 Å². The van der Waals surface area contributed by atoms with Gasteiger partial charge in [-0.1, -0.05) is 54.1 Å². The molecule has 10 heteroatoms. The van der Waals surface area contributed by atoms with Crippen LogP contribution in [-0.4, -0.2) is 49.5 Å². The van der Waals surface area contributed by atoms with E-state index in [-0.39, 0.29) is 24.6 Å². The molecule has 0 bridgehead atoms. The Kier molecular flexibility index (Phi) is 9.74. The van der Waals surface area contributed by atoms with E-state index in [1.807, 2.05) is 51.1 Å². The molecule has 0 aliphatic carbocycles. The highest BCUT2D eigenvalue weighted by molar-refractivity contribution is 7.92. The Bertz CT molecular complexity index is 1390. The molecule has 0 aromatic heterocycles. The van der Waals surface area contributed by atoms with E-state index >= 15 is 0 Å². The van der Waals surface area contributed by atoms with Crippen LogP contribution >= 0.6 is 11.6 Å². The fraction of sp³-hybridized carbons (Fsp3) is 0.310. The number of amides is 2.